The Kier molecular flexibility index (Phi) is 2.77. The van der Waals surface area contributed by atoms with E-state index in [1.165, 1.54) is 18.0 Å². The summed E-state index contributed by atoms with van der Waals surface area (Å²) in [5.74, 6) is 0.0917. The van der Waals surface area contributed by atoms with Gasteiger partial charge in [-0.3, -0.25) is 0 Å². The van der Waals surface area contributed by atoms with Crippen molar-refractivity contribution in [3.8, 4) is 5.75 Å². The van der Waals surface area contributed by atoms with E-state index in [0.29, 0.717) is 0 Å². The van der Waals surface area contributed by atoms with E-state index >= 15 is 0 Å². The summed E-state index contributed by atoms with van der Waals surface area (Å²) < 4.78 is 5.44. The lowest BCUT2D eigenvalue weighted by molar-refractivity contribution is -0.390. The molecule has 80 valence electrons. The molecular formula is C9H10N2O3S. The van der Waals surface area contributed by atoms with Crippen LogP contribution in [0.5, 0.6) is 5.75 Å². The number of aromatic nitrogens is 1. The van der Waals surface area contributed by atoms with E-state index in [0.717, 1.165) is 17.7 Å². The molecule has 0 amide bonds. The minimum atomic E-state index is -0.512. The molecule has 0 saturated heterocycles. The minimum absolute atomic E-state index is 0.141. The van der Waals surface area contributed by atoms with Crippen molar-refractivity contribution in [1.82, 2.24) is 4.98 Å². The zero-order chi connectivity index (χ0) is 10.8. The van der Waals surface area contributed by atoms with Gasteiger partial charge in [0.1, 0.15) is 0 Å². The van der Waals surface area contributed by atoms with E-state index in [1.54, 1.807) is 6.07 Å². The first-order valence-electron chi connectivity index (χ1n) is 4.56. The lowest BCUT2D eigenvalue weighted by Gasteiger charge is -2.05. The van der Waals surface area contributed by atoms with Crippen molar-refractivity contribution in [1.29, 1.82) is 0 Å². The van der Waals surface area contributed by atoms with Crippen molar-refractivity contribution in [3.05, 3.63) is 22.4 Å². The first kappa shape index (κ1) is 10.2. The van der Waals surface area contributed by atoms with Crippen LogP contribution in [0.4, 0.5) is 5.82 Å². The molecule has 15 heavy (non-hydrogen) atoms. The molecule has 0 aliphatic heterocycles. The summed E-state index contributed by atoms with van der Waals surface area (Å²) in [4.78, 5) is 14.8. The Labute approximate surface area is 91.0 Å². The van der Waals surface area contributed by atoms with Crippen molar-refractivity contribution >= 4 is 17.6 Å². The molecule has 0 radical (unpaired) electrons. The van der Waals surface area contributed by atoms with Crippen molar-refractivity contribution in [2.75, 3.05) is 6.26 Å². The van der Waals surface area contributed by atoms with Gasteiger partial charge < -0.3 is 14.9 Å². The van der Waals surface area contributed by atoms with Gasteiger partial charge in [0.05, 0.1) is 11.0 Å². The zero-order valence-corrected chi connectivity index (χ0v) is 8.99. The van der Waals surface area contributed by atoms with Crippen LogP contribution in [-0.2, 0) is 0 Å². The molecule has 1 aliphatic carbocycles. The molecule has 1 aromatic rings. The fourth-order valence-electron chi connectivity index (χ4n) is 1.12. The Morgan fingerprint density at radius 3 is 2.93 bits per heavy atom. The molecule has 0 bridgehead atoms. The van der Waals surface area contributed by atoms with Gasteiger partial charge in [0, 0.05) is 6.07 Å². The van der Waals surface area contributed by atoms with Crippen LogP contribution in [0.25, 0.3) is 0 Å². The molecule has 0 spiro atoms. The molecule has 0 atom stereocenters. The molecule has 5 nitrogen and oxygen atoms in total. The highest BCUT2D eigenvalue weighted by Crippen LogP contribution is 2.34. The Balaban J connectivity index is 2.30. The predicted octanol–water partition coefficient (Wildman–Crippen LogP) is 2.25. The maximum Gasteiger partial charge on any atom is 0.406 e. The fraction of sp³-hybridized carbons (Fsp3) is 0.444. The number of pyridine rings is 1. The number of hydrogen-bond donors (Lipinski definition) is 0. The van der Waals surface area contributed by atoms with Crippen molar-refractivity contribution in [2.45, 2.75) is 23.8 Å². The molecule has 1 aromatic heterocycles. The van der Waals surface area contributed by atoms with E-state index in [1.807, 2.05) is 6.26 Å². The molecule has 0 unspecified atom stereocenters. The smallest absolute Gasteiger partial charge is 0.406 e. The SMILES string of the molecule is CSc1cnc([N+](=O)[O-])c(OC2CC2)c1. The number of ether oxygens (including phenoxy) is 1. The summed E-state index contributed by atoms with van der Waals surface area (Å²) >= 11 is 1.49. The summed E-state index contributed by atoms with van der Waals surface area (Å²) in [5.41, 5.74) is 0. The molecule has 2 rings (SSSR count). The van der Waals surface area contributed by atoms with E-state index in [9.17, 15) is 10.1 Å². The molecule has 6 heteroatoms. The Morgan fingerprint density at radius 2 is 2.40 bits per heavy atom. The van der Waals surface area contributed by atoms with Crippen LogP contribution < -0.4 is 4.74 Å². The Bertz CT molecular complexity index is 393. The number of thioether (sulfide) groups is 1. The molecular weight excluding hydrogens is 216 g/mol. The minimum Gasteiger partial charge on any atom is -0.482 e. The summed E-state index contributed by atoms with van der Waals surface area (Å²) in [7, 11) is 0. The maximum absolute atomic E-state index is 10.7. The van der Waals surface area contributed by atoms with Crippen LogP contribution in [0.2, 0.25) is 0 Å². The highest BCUT2D eigenvalue weighted by Gasteiger charge is 2.28. The third-order valence-corrected chi connectivity index (χ3v) is 2.73. The van der Waals surface area contributed by atoms with Crippen molar-refractivity contribution in [3.63, 3.8) is 0 Å². The van der Waals surface area contributed by atoms with Gasteiger partial charge in [0.25, 0.3) is 0 Å². The van der Waals surface area contributed by atoms with Gasteiger partial charge in [0.2, 0.25) is 5.75 Å². The lowest BCUT2D eigenvalue weighted by Crippen LogP contribution is -2.02. The van der Waals surface area contributed by atoms with E-state index in [-0.39, 0.29) is 17.7 Å². The summed E-state index contributed by atoms with van der Waals surface area (Å²) in [6.07, 6.45) is 5.47. The summed E-state index contributed by atoms with van der Waals surface area (Å²) in [5, 5.41) is 10.7. The molecule has 0 aromatic carbocycles. The number of nitro groups is 1. The van der Waals surface area contributed by atoms with E-state index in [4.69, 9.17) is 4.74 Å². The summed E-state index contributed by atoms with van der Waals surface area (Å²) in [6, 6.07) is 1.67. The van der Waals surface area contributed by atoms with Crippen LogP contribution in [0.3, 0.4) is 0 Å². The first-order valence-corrected chi connectivity index (χ1v) is 5.78. The van der Waals surface area contributed by atoms with Crippen molar-refractivity contribution in [2.24, 2.45) is 0 Å². The molecule has 1 saturated carbocycles. The zero-order valence-electron chi connectivity index (χ0n) is 8.17. The quantitative estimate of drug-likeness (QED) is 0.447. The highest BCUT2D eigenvalue weighted by molar-refractivity contribution is 7.98. The van der Waals surface area contributed by atoms with Gasteiger partial charge in [0.15, 0.2) is 6.20 Å². The third kappa shape index (κ3) is 2.38. The first-order chi connectivity index (χ1) is 7.20. The van der Waals surface area contributed by atoms with Crippen LogP contribution in [0.15, 0.2) is 17.2 Å². The van der Waals surface area contributed by atoms with Crippen LogP contribution >= 0.6 is 11.8 Å². The average Bonchev–Trinajstić information content (AvgIpc) is 3.01. The summed E-state index contributed by atoms with van der Waals surface area (Å²) in [6.45, 7) is 0. The van der Waals surface area contributed by atoms with Gasteiger partial charge in [-0.15, -0.1) is 11.8 Å². The monoisotopic (exact) mass is 226 g/mol. The lowest BCUT2D eigenvalue weighted by atomic mass is 10.4. The standard InChI is InChI=1S/C9H10N2O3S/c1-15-7-4-8(14-6-2-3-6)9(10-5-7)11(12)13/h4-6H,2-3H2,1H3. The number of rotatable bonds is 4. The second-order valence-corrected chi connectivity index (χ2v) is 4.15. The second kappa shape index (κ2) is 4.06. The third-order valence-electron chi connectivity index (χ3n) is 2.03. The van der Waals surface area contributed by atoms with E-state index in [2.05, 4.69) is 4.98 Å². The number of hydrogen-bond acceptors (Lipinski definition) is 5. The Hall–Kier alpha value is -1.30. The average molecular weight is 226 g/mol. The van der Waals surface area contributed by atoms with Gasteiger partial charge >= 0.3 is 5.82 Å². The van der Waals surface area contributed by atoms with Crippen LogP contribution in [0, 0.1) is 10.1 Å². The fourth-order valence-corrected chi connectivity index (χ4v) is 1.50. The highest BCUT2D eigenvalue weighted by atomic mass is 32.2. The van der Waals surface area contributed by atoms with Gasteiger partial charge in [-0.25, -0.2) is 0 Å². The van der Waals surface area contributed by atoms with Gasteiger partial charge in [-0.1, -0.05) is 0 Å². The largest absolute Gasteiger partial charge is 0.482 e. The Morgan fingerprint density at radius 1 is 1.67 bits per heavy atom. The van der Waals surface area contributed by atoms with E-state index < -0.39 is 4.92 Å². The topological polar surface area (TPSA) is 65.3 Å². The maximum atomic E-state index is 10.7. The number of nitrogens with zero attached hydrogens (tertiary/aromatic N) is 2. The molecule has 0 N–H and O–H groups in total. The predicted molar refractivity (Wildman–Crippen MR) is 56.3 cm³/mol. The normalized spacial score (nSPS) is 15.0. The second-order valence-electron chi connectivity index (χ2n) is 3.27. The van der Waals surface area contributed by atoms with Gasteiger partial charge in [-0.2, -0.15) is 0 Å². The van der Waals surface area contributed by atoms with Crippen LogP contribution in [-0.4, -0.2) is 22.3 Å². The molecule has 1 fully saturated rings. The molecule has 1 aliphatic rings. The van der Waals surface area contributed by atoms with Crippen LogP contribution in [0.1, 0.15) is 12.8 Å². The molecule has 1 heterocycles. The van der Waals surface area contributed by atoms with Gasteiger partial charge in [-0.05, 0) is 29.0 Å². The van der Waals surface area contributed by atoms with Crippen molar-refractivity contribution < 1.29 is 9.66 Å².